The molecule has 0 heterocycles. The summed E-state index contributed by atoms with van der Waals surface area (Å²) in [5.41, 5.74) is -0.886. The van der Waals surface area contributed by atoms with Gasteiger partial charge in [-0.3, -0.25) is 0 Å². The predicted molar refractivity (Wildman–Crippen MR) is 68.0 cm³/mol. The SMILES string of the molecule is CCC(C)CC(C)(C)CCC(F)(F)C(F)(F)C(F)(F)C(F)(F)F. The highest BCUT2D eigenvalue weighted by Crippen LogP contribution is 2.55. The van der Waals surface area contributed by atoms with E-state index in [2.05, 4.69) is 0 Å². The van der Waals surface area contributed by atoms with Crippen molar-refractivity contribution in [2.45, 2.75) is 77.3 Å². The highest BCUT2D eigenvalue weighted by molar-refractivity contribution is 5.00. The van der Waals surface area contributed by atoms with Gasteiger partial charge in [0.2, 0.25) is 0 Å². The van der Waals surface area contributed by atoms with Crippen molar-refractivity contribution in [3.63, 3.8) is 0 Å². The average Bonchev–Trinajstić information content (AvgIpc) is 2.34. The molecular weight excluding hydrogens is 339 g/mol. The van der Waals surface area contributed by atoms with Gasteiger partial charge in [0.25, 0.3) is 0 Å². The lowest BCUT2D eigenvalue weighted by Crippen LogP contribution is -2.60. The molecule has 0 radical (unpaired) electrons. The molecule has 0 spiro atoms. The molecule has 0 N–H and O–H groups in total. The molecule has 0 rings (SSSR count). The quantitative estimate of drug-likeness (QED) is 0.423. The van der Waals surface area contributed by atoms with Crippen LogP contribution in [0.3, 0.4) is 0 Å². The lowest BCUT2D eigenvalue weighted by Gasteiger charge is -2.36. The van der Waals surface area contributed by atoms with Gasteiger partial charge in [-0.1, -0.05) is 34.1 Å². The van der Waals surface area contributed by atoms with E-state index in [1.807, 2.05) is 6.92 Å². The molecule has 0 amide bonds. The molecule has 0 fully saturated rings. The monoisotopic (exact) mass is 360 g/mol. The van der Waals surface area contributed by atoms with E-state index in [0.29, 0.717) is 12.8 Å². The van der Waals surface area contributed by atoms with E-state index in [0.717, 1.165) is 0 Å². The second kappa shape index (κ2) is 6.70. The zero-order chi connectivity index (χ0) is 18.9. The summed E-state index contributed by atoms with van der Waals surface area (Å²) in [7, 11) is 0. The van der Waals surface area contributed by atoms with Crippen molar-refractivity contribution in [2.24, 2.45) is 11.3 Å². The van der Waals surface area contributed by atoms with Gasteiger partial charge in [-0.05, 0) is 24.2 Å². The third-order valence-electron chi connectivity index (χ3n) is 3.92. The lowest BCUT2D eigenvalue weighted by atomic mass is 9.77. The van der Waals surface area contributed by atoms with Gasteiger partial charge in [0.15, 0.2) is 0 Å². The molecule has 140 valence electrons. The molecule has 0 aromatic carbocycles. The average molecular weight is 360 g/mol. The van der Waals surface area contributed by atoms with E-state index in [9.17, 15) is 39.5 Å². The van der Waals surface area contributed by atoms with Crippen LogP contribution in [0, 0.1) is 11.3 Å². The number of rotatable bonds is 8. The van der Waals surface area contributed by atoms with Crippen LogP contribution in [0.5, 0.6) is 0 Å². The first-order valence-electron chi connectivity index (χ1n) is 7.11. The summed E-state index contributed by atoms with van der Waals surface area (Å²) in [5.74, 6) is -18.7. The van der Waals surface area contributed by atoms with Crippen LogP contribution in [0.25, 0.3) is 0 Å². The smallest absolute Gasteiger partial charge is 0.200 e. The van der Waals surface area contributed by atoms with Crippen LogP contribution < -0.4 is 0 Å². The van der Waals surface area contributed by atoms with Gasteiger partial charge in [-0.25, -0.2) is 0 Å². The molecule has 0 bridgehead atoms. The number of hydrogen-bond donors (Lipinski definition) is 0. The lowest BCUT2D eigenvalue weighted by molar-refractivity contribution is -0.397. The van der Waals surface area contributed by atoms with Crippen molar-refractivity contribution in [3.8, 4) is 0 Å². The van der Waals surface area contributed by atoms with Crippen LogP contribution in [-0.4, -0.2) is 23.9 Å². The molecule has 0 saturated heterocycles. The summed E-state index contributed by atoms with van der Waals surface area (Å²) < 4.78 is 115. The molecule has 0 nitrogen and oxygen atoms in total. The Hall–Kier alpha value is -0.630. The van der Waals surface area contributed by atoms with Crippen LogP contribution in [0.1, 0.15) is 53.4 Å². The van der Waals surface area contributed by atoms with Gasteiger partial charge in [0.05, 0.1) is 0 Å². The highest BCUT2D eigenvalue weighted by atomic mass is 19.4. The van der Waals surface area contributed by atoms with Crippen LogP contribution in [0.4, 0.5) is 39.5 Å². The molecule has 0 aromatic rings. The fraction of sp³-hybridized carbons (Fsp3) is 1.00. The molecule has 9 heteroatoms. The molecule has 1 atom stereocenters. The molecule has 0 aromatic heterocycles. The minimum absolute atomic E-state index is 0.0794. The van der Waals surface area contributed by atoms with Gasteiger partial charge in [0.1, 0.15) is 0 Å². The molecular formula is C14H21F9. The first kappa shape index (κ1) is 22.4. The van der Waals surface area contributed by atoms with E-state index in [1.165, 1.54) is 13.8 Å². The Balaban J connectivity index is 5.20. The van der Waals surface area contributed by atoms with Crippen molar-refractivity contribution in [1.29, 1.82) is 0 Å². The van der Waals surface area contributed by atoms with Crippen molar-refractivity contribution in [3.05, 3.63) is 0 Å². The van der Waals surface area contributed by atoms with Crippen LogP contribution in [-0.2, 0) is 0 Å². The van der Waals surface area contributed by atoms with Crippen LogP contribution >= 0.6 is 0 Å². The second-order valence-corrected chi connectivity index (χ2v) is 6.73. The Kier molecular flexibility index (Phi) is 6.52. The maximum Gasteiger partial charge on any atom is 0.460 e. The molecule has 1 unspecified atom stereocenters. The van der Waals surface area contributed by atoms with E-state index < -0.39 is 42.2 Å². The topological polar surface area (TPSA) is 0 Å². The largest absolute Gasteiger partial charge is 0.460 e. The Morgan fingerprint density at radius 2 is 1.17 bits per heavy atom. The Labute approximate surface area is 129 Å². The Bertz CT molecular complexity index is 382. The maximum absolute atomic E-state index is 13.4. The summed E-state index contributed by atoms with van der Waals surface area (Å²) >= 11 is 0. The van der Waals surface area contributed by atoms with E-state index in [4.69, 9.17) is 0 Å². The van der Waals surface area contributed by atoms with Gasteiger partial charge < -0.3 is 0 Å². The van der Waals surface area contributed by atoms with Crippen molar-refractivity contribution < 1.29 is 39.5 Å². The summed E-state index contributed by atoms with van der Waals surface area (Å²) in [6.45, 7) is 6.59. The number of alkyl halides is 9. The van der Waals surface area contributed by atoms with E-state index in [1.54, 1.807) is 6.92 Å². The third-order valence-corrected chi connectivity index (χ3v) is 3.92. The molecule has 0 aliphatic heterocycles. The predicted octanol–water partition coefficient (Wildman–Crippen LogP) is 6.70. The maximum atomic E-state index is 13.4. The third kappa shape index (κ3) is 4.92. The zero-order valence-electron chi connectivity index (χ0n) is 13.3. The first-order valence-corrected chi connectivity index (χ1v) is 7.11. The van der Waals surface area contributed by atoms with Gasteiger partial charge >= 0.3 is 23.9 Å². The van der Waals surface area contributed by atoms with E-state index in [-0.39, 0.29) is 5.92 Å². The number of hydrogen-bond acceptors (Lipinski definition) is 0. The van der Waals surface area contributed by atoms with Gasteiger partial charge in [-0.15, -0.1) is 0 Å². The zero-order valence-corrected chi connectivity index (χ0v) is 13.3. The van der Waals surface area contributed by atoms with Crippen LogP contribution in [0.15, 0.2) is 0 Å². The van der Waals surface area contributed by atoms with Gasteiger partial charge in [0, 0.05) is 6.42 Å². The fourth-order valence-corrected chi connectivity index (χ4v) is 2.25. The van der Waals surface area contributed by atoms with Crippen LogP contribution in [0.2, 0.25) is 0 Å². The number of halogens is 9. The molecule has 0 saturated carbocycles. The van der Waals surface area contributed by atoms with Crippen molar-refractivity contribution >= 4 is 0 Å². The standard InChI is InChI=1S/C14H21F9/c1-5-9(2)8-10(3,4)6-7-11(15,16)12(17,18)13(19,20)14(21,22)23/h9H,5-8H2,1-4H3. The summed E-state index contributed by atoms with van der Waals surface area (Å²) in [4.78, 5) is 0. The van der Waals surface area contributed by atoms with Crippen molar-refractivity contribution in [2.75, 3.05) is 0 Å². The van der Waals surface area contributed by atoms with E-state index >= 15 is 0 Å². The summed E-state index contributed by atoms with van der Waals surface area (Å²) in [6, 6.07) is 0. The fourth-order valence-electron chi connectivity index (χ4n) is 2.25. The van der Waals surface area contributed by atoms with Crippen molar-refractivity contribution in [1.82, 2.24) is 0 Å². The second-order valence-electron chi connectivity index (χ2n) is 6.73. The van der Waals surface area contributed by atoms with Gasteiger partial charge in [-0.2, -0.15) is 39.5 Å². The minimum Gasteiger partial charge on any atom is -0.200 e. The molecule has 0 aliphatic rings. The molecule has 0 aliphatic carbocycles. The first-order chi connectivity index (χ1) is 9.91. The molecule has 23 heavy (non-hydrogen) atoms. The Morgan fingerprint density at radius 3 is 1.52 bits per heavy atom. The normalized spacial score (nSPS) is 16.6. The summed E-state index contributed by atoms with van der Waals surface area (Å²) in [6.07, 6.45) is -8.06. The highest BCUT2D eigenvalue weighted by Gasteiger charge is 2.81. The minimum atomic E-state index is -6.80. The Morgan fingerprint density at radius 1 is 0.739 bits per heavy atom. The summed E-state index contributed by atoms with van der Waals surface area (Å²) in [5, 5.41) is 0.